The number of hydrogen-bond acceptors (Lipinski definition) is 3. The fraction of sp³-hybridized carbons (Fsp3) is 0.462. The van der Waals surface area contributed by atoms with E-state index in [-0.39, 0.29) is 11.4 Å². The number of rotatable bonds is 1. The number of carbonyl (C=O) groups is 1. The molecular formula is C13H15ClO3. The molecule has 0 aromatic heterocycles. The summed E-state index contributed by atoms with van der Waals surface area (Å²) in [6.07, 6.45) is -1.18. The van der Waals surface area contributed by atoms with Crippen molar-refractivity contribution in [3.63, 3.8) is 0 Å². The summed E-state index contributed by atoms with van der Waals surface area (Å²) >= 11 is 5.89. The predicted molar refractivity (Wildman–Crippen MR) is 64.6 cm³/mol. The van der Waals surface area contributed by atoms with Gasteiger partial charge in [0.15, 0.2) is 6.10 Å². The zero-order chi connectivity index (χ0) is 12.6. The minimum Gasteiger partial charge on any atom is -0.433 e. The maximum absolute atomic E-state index is 11.8. The lowest BCUT2D eigenvalue weighted by Crippen LogP contribution is -2.27. The molecule has 17 heavy (non-hydrogen) atoms. The molecule has 0 bridgehead atoms. The molecule has 2 atom stereocenters. The molecule has 0 aliphatic carbocycles. The average molecular weight is 255 g/mol. The molecule has 0 N–H and O–H groups in total. The third kappa shape index (κ3) is 2.61. The van der Waals surface area contributed by atoms with E-state index in [2.05, 4.69) is 0 Å². The molecule has 0 saturated carbocycles. The Morgan fingerprint density at radius 1 is 1.29 bits per heavy atom. The van der Waals surface area contributed by atoms with Crippen molar-refractivity contribution in [3.8, 4) is 0 Å². The van der Waals surface area contributed by atoms with Crippen LogP contribution in [0.25, 0.3) is 0 Å². The first-order chi connectivity index (χ1) is 7.88. The molecular weight excluding hydrogens is 240 g/mol. The van der Waals surface area contributed by atoms with E-state index in [4.69, 9.17) is 21.1 Å². The molecule has 1 fully saturated rings. The van der Waals surface area contributed by atoms with Crippen molar-refractivity contribution in [1.29, 1.82) is 0 Å². The predicted octanol–water partition coefficient (Wildman–Crippen LogP) is 3.33. The largest absolute Gasteiger partial charge is 0.433 e. The van der Waals surface area contributed by atoms with E-state index < -0.39 is 12.4 Å². The van der Waals surface area contributed by atoms with Crippen LogP contribution in [0.1, 0.15) is 32.4 Å². The molecule has 4 heteroatoms. The summed E-state index contributed by atoms with van der Waals surface area (Å²) in [4.78, 5) is 11.8. The van der Waals surface area contributed by atoms with Gasteiger partial charge in [0.25, 0.3) is 0 Å². The molecule has 92 valence electrons. The minimum absolute atomic E-state index is 0.233. The molecule has 2 unspecified atom stereocenters. The van der Waals surface area contributed by atoms with Crippen molar-refractivity contribution in [2.45, 2.75) is 33.2 Å². The molecule has 1 aromatic rings. The van der Waals surface area contributed by atoms with Gasteiger partial charge in [0.2, 0.25) is 6.29 Å². The topological polar surface area (TPSA) is 35.5 Å². The Morgan fingerprint density at radius 2 is 2.00 bits per heavy atom. The van der Waals surface area contributed by atoms with Gasteiger partial charge in [0.05, 0.1) is 0 Å². The standard InChI is InChI=1S/C13H15ClO3/c1-13(2,3)12-16-10(11(15)17-12)8-5-4-6-9(14)7-8/h4-7,10,12H,1-3H3. The van der Waals surface area contributed by atoms with Gasteiger partial charge in [0.1, 0.15) is 0 Å². The highest BCUT2D eigenvalue weighted by Gasteiger charge is 2.42. The van der Waals surface area contributed by atoms with Crippen LogP contribution < -0.4 is 0 Å². The number of esters is 1. The van der Waals surface area contributed by atoms with E-state index in [1.54, 1.807) is 18.2 Å². The van der Waals surface area contributed by atoms with Gasteiger partial charge in [-0.3, -0.25) is 0 Å². The van der Waals surface area contributed by atoms with Crippen LogP contribution in [0.4, 0.5) is 0 Å². The normalized spacial score (nSPS) is 24.8. The van der Waals surface area contributed by atoms with Crippen molar-refractivity contribution in [1.82, 2.24) is 0 Å². The second kappa shape index (κ2) is 4.31. The number of benzene rings is 1. The lowest BCUT2D eigenvalue weighted by molar-refractivity contribution is -0.154. The van der Waals surface area contributed by atoms with Gasteiger partial charge in [-0.05, 0) is 17.7 Å². The Labute approximate surface area is 106 Å². The van der Waals surface area contributed by atoms with E-state index in [1.807, 2.05) is 26.8 Å². The summed E-state index contributed by atoms with van der Waals surface area (Å²) in [5.41, 5.74) is 0.498. The van der Waals surface area contributed by atoms with Gasteiger partial charge in [-0.25, -0.2) is 4.79 Å². The third-order valence-electron chi connectivity index (χ3n) is 2.56. The molecule has 1 aliphatic heterocycles. The van der Waals surface area contributed by atoms with Gasteiger partial charge in [0, 0.05) is 10.4 Å². The van der Waals surface area contributed by atoms with Crippen LogP contribution in [0.15, 0.2) is 24.3 Å². The Morgan fingerprint density at radius 3 is 2.53 bits per heavy atom. The van der Waals surface area contributed by atoms with Crippen molar-refractivity contribution >= 4 is 17.6 Å². The summed E-state index contributed by atoms with van der Waals surface area (Å²) in [5, 5.41) is 0.582. The third-order valence-corrected chi connectivity index (χ3v) is 2.79. The van der Waals surface area contributed by atoms with Crippen LogP contribution in [0, 0.1) is 5.41 Å². The van der Waals surface area contributed by atoms with E-state index in [9.17, 15) is 4.79 Å². The van der Waals surface area contributed by atoms with Crippen LogP contribution in [0.5, 0.6) is 0 Å². The summed E-state index contributed by atoms with van der Waals surface area (Å²) in [6, 6.07) is 7.08. The van der Waals surface area contributed by atoms with Crippen LogP contribution in [0.3, 0.4) is 0 Å². The van der Waals surface area contributed by atoms with Crippen molar-refractivity contribution < 1.29 is 14.3 Å². The van der Waals surface area contributed by atoms with Crippen LogP contribution in [0.2, 0.25) is 5.02 Å². The average Bonchev–Trinajstić information content (AvgIpc) is 2.60. The first-order valence-corrected chi connectivity index (χ1v) is 5.87. The number of ether oxygens (including phenoxy) is 2. The molecule has 2 rings (SSSR count). The second-order valence-electron chi connectivity index (χ2n) is 5.21. The number of hydrogen-bond donors (Lipinski definition) is 0. The van der Waals surface area contributed by atoms with Crippen LogP contribution in [-0.4, -0.2) is 12.3 Å². The zero-order valence-electron chi connectivity index (χ0n) is 10.1. The minimum atomic E-state index is -0.669. The Kier molecular flexibility index (Phi) is 3.15. The van der Waals surface area contributed by atoms with Crippen LogP contribution in [-0.2, 0) is 14.3 Å². The van der Waals surface area contributed by atoms with E-state index in [1.165, 1.54) is 0 Å². The smallest absolute Gasteiger partial charge is 0.342 e. The van der Waals surface area contributed by atoms with Gasteiger partial charge in [-0.2, -0.15) is 0 Å². The summed E-state index contributed by atoms with van der Waals surface area (Å²) in [6.45, 7) is 5.89. The first kappa shape index (κ1) is 12.4. The van der Waals surface area contributed by atoms with Crippen LogP contribution >= 0.6 is 11.6 Å². The second-order valence-corrected chi connectivity index (χ2v) is 5.64. The molecule has 0 spiro atoms. The summed E-state index contributed by atoms with van der Waals surface area (Å²) in [7, 11) is 0. The molecule has 0 amide bonds. The molecule has 1 heterocycles. The fourth-order valence-corrected chi connectivity index (χ4v) is 1.84. The Hall–Kier alpha value is -1.06. The van der Waals surface area contributed by atoms with Crippen molar-refractivity contribution in [2.75, 3.05) is 0 Å². The first-order valence-electron chi connectivity index (χ1n) is 5.49. The maximum Gasteiger partial charge on any atom is 0.342 e. The molecule has 1 aliphatic rings. The quantitative estimate of drug-likeness (QED) is 0.721. The molecule has 1 saturated heterocycles. The number of carbonyl (C=O) groups excluding carboxylic acids is 1. The highest BCUT2D eigenvalue weighted by molar-refractivity contribution is 6.30. The van der Waals surface area contributed by atoms with E-state index >= 15 is 0 Å². The van der Waals surface area contributed by atoms with Gasteiger partial charge >= 0.3 is 5.97 Å². The van der Waals surface area contributed by atoms with Crippen molar-refractivity contribution in [3.05, 3.63) is 34.9 Å². The molecule has 3 nitrogen and oxygen atoms in total. The molecule has 1 aromatic carbocycles. The number of cyclic esters (lactones) is 1. The fourth-order valence-electron chi connectivity index (χ4n) is 1.64. The lowest BCUT2D eigenvalue weighted by atomic mass is 9.96. The molecule has 0 radical (unpaired) electrons. The maximum atomic E-state index is 11.8. The van der Waals surface area contributed by atoms with E-state index in [0.717, 1.165) is 5.56 Å². The summed E-state index contributed by atoms with van der Waals surface area (Å²) < 4.78 is 10.9. The monoisotopic (exact) mass is 254 g/mol. The highest BCUT2D eigenvalue weighted by atomic mass is 35.5. The zero-order valence-corrected chi connectivity index (χ0v) is 10.8. The van der Waals surface area contributed by atoms with Crippen molar-refractivity contribution in [2.24, 2.45) is 5.41 Å². The summed E-state index contributed by atoms with van der Waals surface area (Å²) in [5.74, 6) is -0.354. The Bertz CT molecular complexity index is 437. The van der Waals surface area contributed by atoms with Gasteiger partial charge < -0.3 is 9.47 Å². The van der Waals surface area contributed by atoms with Gasteiger partial charge in [-0.1, -0.05) is 44.5 Å². The SMILES string of the molecule is CC(C)(C)C1OC(=O)C(c2cccc(Cl)c2)O1. The highest BCUT2D eigenvalue weighted by Crippen LogP contribution is 2.36. The van der Waals surface area contributed by atoms with Gasteiger partial charge in [-0.15, -0.1) is 0 Å². The Balaban J connectivity index is 2.22. The lowest BCUT2D eigenvalue weighted by Gasteiger charge is -2.24. The van der Waals surface area contributed by atoms with E-state index in [0.29, 0.717) is 5.02 Å². The number of halogens is 1.